The minimum Gasteiger partial charge on any atom is -0.467 e. The molecule has 0 bridgehead atoms. The lowest BCUT2D eigenvalue weighted by Gasteiger charge is -2.22. The van der Waals surface area contributed by atoms with Crippen LogP contribution in [0.2, 0.25) is 0 Å². The highest BCUT2D eigenvalue weighted by atomic mass is 32.2. The predicted molar refractivity (Wildman–Crippen MR) is 113 cm³/mol. The van der Waals surface area contributed by atoms with E-state index < -0.39 is 10.0 Å². The minimum atomic E-state index is -3.57. The number of carbonyl (C=O) groups is 1. The first-order valence-electron chi connectivity index (χ1n) is 9.76. The molecule has 0 spiro atoms. The van der Waals surface area contributed by atoms with Crippen LogP contribution < -0.4 is 0 Å². The maximum atomic E-state index is 13.2. The molecular weight excluding hydrogens is 402 g/mol. The Morgan fingerprint density at radius 2 is 1.73 bits per heavy atom. The van der Waals surface area contributed by atoms with Gasteiger partial charge in [-0.3, -0.25) is 9.78 Å². The van der Waals surface area contributed by atoms with E-state index in [9.17, 15) is 13.2 Å². The monoisotopic (exact) mass is 427 g/mol. The van der Waals surface area contributed by atoms with Crippen molar-refractivity contribution in [2.24, 2.45) is 0 Å². The van der Waals surface area contributed by atoms with E-state index in [1.54, 1.807) is 55.6 Å². The molecule has 1 amide bonds. The Balaban J connectivity index is 1.85. The highest BCUT2D eigenvalue weighted by Gasteiger charge is 2.23. The zero-order valence-electron chi connectivity index (χ0n) is 17.1. The number of nitrogens with zero attached hydrogens (tertiary/aromatic N) is 3. The molecule has 3 rings (SSSR count). The van der Waals surface area contributed by atoms with Gasteiger partial charge in [0.25, 0.3) is 5.91 Å². The first-order valence-corrected chi connectivity index (χ1v) is 11.2. The van der Waals surface area contributed by atoms with Gasteiger partial charge in [-0.05, 0) is 48.0 Å². The average molecular weight is 428 g/mol. The van der Waals surface area contributed by atoms with Crippen molar-refractivity contribution < 1.29 is 17.6 Å². The van der Waals surface area contributed by atoms with Gasteiger partial charge in [-0.1, -0.05) is 19.9 Å². The van der Waals surface area contributed by atoms with Gasteiger partial charge in [0.15, 0.2) is 0 Å². The molecule has 0 saturated carbocycles. The normalized spacial score (nSPS) is 11.6. The molecule has 0 fully saturated rings. The second kappa shape index (κ2) is 9.69. The van der Waals surface area contributed by atoms with Crippen molar-refractivity contribution in [1.82, 2.24) is 14.2 Å². The molecule has 2 aromatic heterocycles. The number of pyridine rings is 1. The van der Waals surface area contributed by atoms with Crippen LogP contribution in [0.4, 0.5) is 0 Å². The Labute approximate surface area is 177 Å². The summed E-state index contributed by atoms with van der Waals surface area (Å²) in [7, 11) is -3.57. The van der Waals surface area contributed by atoms with E-state index in [1.165, 1.54) is 16.4 Å². The quantitative estimate of drug-likeness (QED) is 0.521. The summed E-state index contributed by atoms with van der Waals surface area (Å²) < 4.78 is 32.1. The molecule has 0 N–H and O–H groups in total. The molecule has 0 radical (unpaired) electrons. The first kappa shape index (κ1) is 21.7. The molecule has 1 aromatic carbocycles. The highest BCUT2D eigenvalue weighted by Crippen LogP contribution is 2.19. The maximum absolute atomic E-state index is 13.2. The van der Waals surface area contributed by atoms with Crippen LogP contribution in [-0.4, -0.2) is 41.6 Å². The van der Waals surface area contributed by atoms with Crippen LogP contribution >= 0.6 is 0 Å². The summed E-state index contributed by atoms with van der Waals surface area (Å²) in [4.78, 5) is 19.1. The van der Waals surface area contributed by atoms with Crippen molar-refractivity contribution in [3.05, 3.63) is 84.1 Å². The van der Waals surface area contributed by atoms with Crippen molar-refractivity contribution in [3.8, 4) is 0 Å². The Bertz CT molecular complexity index is 1050. The molecular formula is C22H25N3O4S. The molecule has 0 saturated heterocycles. The van der Waals surface area contributed by atoms with E-state index in [-0.39, 0.29) is 10.8 Å². The standard InChI is InChI=1S/C22H25N3O4S/c1-3-25(4-2)30(27,28)21-11-9-19(10-12-21)22(26)24(17-20-8-6-14-29-20)16-18-7-5-13-23-15-18/h5-15H,3-4,16-17H2,1-2H3. The average Bonchev–Trinajstić information content (AvgIpc) is 3.27. The fourth-order valence-corrected chi connectivity index (χ4v) is 4.62. The van der Waals surface area contributed by atoms with E-state index in [2.05, 4.69) is 4.98 Å². The van der Waals surface area contributed by atoms with Gasteiger partial charge in [0.1, 0.15) is 5.76 Å². The third-order valence-electron chi connectivity index (χ3n) is 4.75. The van der Waals surface area contributed by atoms with Crippen LogP contribution in [0, 0.1) is 0 Å². The first-order chi connectivity index (χ1) is 14.5. The highest BCUT2D eigenvalue weighted by molar-refractivity contribution is 7.89. The number of rotatable bonds is 9. The molecule has 2 heterocycles. The number of benzene rings is 1. The van der Waals surface area contributed by atoms with Gasteiger partial charge in [-0.25, -0.2) is 8.42 Å². The van der Waals surface area contributed by atoms with Gasteiger partial charge < -0.3 is 9.32 Å². The number of aromatic nitrogens is 1. The lowest BCUT2D eigenvalue weighted by Crippen LogP contribution is -2.31. The number of amides is 1. The zero-order chi connectivity index (χ0) is 21.6. The van der Waals surface area contributed by atoms with Gasteiger partial charge >= 0.3 is 0 Å². The summed E-state index contributed by atoms with van der Waals surface area (Å²) in [6.45, 7) is 5.02. The number of sulfonamides is 1. The summed E-state index contributed by atoms with van der Waals surface area (Å²) in [5, 5.41) is 0. The molecule has 30 heavy (non-hydrogen) atoms. The lowest BCUT2D eigenvalue weighted by atomic mass is 10.1. The zero-order valence-corrected chi connectivity index (χ0v) is 17.9. The minimum absolute atomic E-state index is 0.174. The van der Waals surface area contributed by atoms with Gasteiger partial charge in [-0.2, -0.15) is 4.31 Å². The van der Waals surface area contributed by atoms with E-state index in [1.807, 2.05) is 18.2 Å². The molecule has 0 aliphatic heterocycles. The topological polar surface area (TPSA) is 83.7 Å². The van der Waals surface area contributed by atoms with E-state index in [4.69, 9.17) is 4.42 Å². The second-order valence-corrected chi connectivity index (χ2v) is 8.65. The molecule has 0 unspecified atom stereocenters. The van der Waals surface area contributed by atoms with Crippen LogP contribution in [0.3, 0.4) is 0 Å². The Morgan fingerprint density at radius 1 is 1.00 bits per heavy atom. The maximum Gasteiger partial charge on any atom is 0.254 e. The third kappa shape index (κ3) is 4.95. The fourth-order valence-electron chi connectivity index (χ4n) is 3.17. The third-order valence-corrected chi connectivity index (χ3v) is 6.82. The number of hydrogen-bond acceptors (Lipinski definition) is 5. The van der Waals surface area contributed by atoms with Crippen molar-refractivity contribution in [2.45, 2.75) is 31.8 Å². The van der Waals surface area contributed by atoms with Crippen LogP contribution in [0.5, 0.6) is 0 Å². The summed E-state index contributed by atoms with van der Waals surface area (Å²) in [6.07, 6.45) is 4.95. The summed E-state index contributed by atoms with van der Waals surface area (Å²) in [6, 6.07) is 13.4. The molecule has 0 aliphatic rings. The van der Waals surface area contributed by atoms with Gasteiger partial charge in [0, 0.05) is 37.6 Å². The molecule has 0 atom stereocenters. The van der Waals surface area contributed by atoms with Gasteiger partial charge in [-0.15, -0.1) is 0 Å². The van der Waals surface area contributed by atoms with Crippen LogP contribution in [0.25, 0.3) is 0 Å². The van der Waals surface area contributed by atoms with Crippen molar-refractivity contribution >= 4 is 15.9 Å². The second-order valence-electron chi connectivity index (χ2n) is 6.72. The van der Waals surface area contributed by atoms with Crippen molar-refractivity contribution in [2.75, 3.05) is 13.1 Å². The smallest absolute Gasteiger partial charge is 0.254 e. The van der Waals surface area contributed by atoms with E-state index in [0.29, 0.717) is 37.5 Å². The van der Waals surface area contributed by atoms with E-state index >= 15 is 0 Å². The Hall–Kier alpha value is -2.97. The molecule has 158 valence electrons. The Kier molecular flexibility index (Phi) is 7.02. The predicted octanol–water partition coefficient (Wildman–Crippen LogP) is 3.55. The molecule has 0 aliphatic carbocycles. The number of carbonyl (C=O) groups excluding carboxylic acids is 1. The summed E-state index contributed by atoms with van der Waals surface area (Å²) in [5.41, 5.74) is 1.29. The SMILES string of the molecule is CCN(CC)S(=O)(=O)c1ccc(C(=O)N(Cc2cccnc2)Cc2ccco2)cc1. The van der Waals surface area contributed by atoms with Crippen LogP contribution in [0.1, 0.15) is 35.5 Å². The lowest BCUT2D eigenvalue weighted by molar-refractivity contribution is 0.0717. The Morgan fingerprint density at radius 3 is 2.30 bits per heavy atom. The van der Waals surface area contributed by atoms with Crippen molar-refractivity contribution in [3.63, 3.8) is 0 Å². The largest absolute Gasteiger partial charge is 0.467 e. The van der Waals surface area contributed by atoms with Gasteiger partial charge in [0.2, 0.25) is 10.0 Å². The van der Waals surface area contributed by atoms with Crippen LogP contribution in [0.15, 0.2) is 76.5 Å². The molecule has 7 nitrogen and oxygen atoms in total. The molecule has 8 heteroatoms. The summed E-state index contributed by atoms with van der Waals surface area (Å²) >= 11 is 0. The number of furan rings is 1. The van der Waals surface area contributed by atoms with Crippen LogP contribution in [-0.2, 0) is 23.1 Å². The van der Waals surface area contributed by atoms with Crippen molar-refractivity contribution in [1.29, 1.82) is 0 Å². The van der Waals surface area contributed by atoms with E-state index in [0.717, 1.165) is 5.56 Å². The molecule has 3 aromatic rings. The summed E-state index contributed by atoms with van der Waals surface area (Å²) in [5.74, 6) is 0.440. The number of hydrogen-bond donors (Lipinski definition) is 0. The fraction of sp³-hybridized carbons (Fsp3) is 0.273. The van der Waals surface area contributed by atoms with Gasteiger partial charge in [0.05, 0.1) is 17.7 Å².